The van der Waals surface area contributed by atoms with E-state index in [0.717, 1.165) is 22.6 Å². The van der Waals surface area contributed by atoms with Gasteiger partial charge < -0.3 is 19.6 Å². The van der Waals surface area contributed by atoms with Crippen LogP contribution in [0.2, 0.25) is 0 Å². The molecule has 0 aliphatic carbocycles. The number of β-amino-alcohol motifs (C(OH)–C–C–N with tert-alkyl or cyclic N) is 1. The van der Waals surface area contributed by atoms with Gasteiger partial charge in [0.2, 0.25) is 5.91 Å². The molecule has 1 aliphatic heterocycles. The Balaban J connectivity index is 1.46. The molecule has 0 bridgehead atoms. The normalized spacial score (nSPS) is 15.1. The lowest BCUT2D eigenvalue weighted by atomic mass is 10.1. The van der Waals surface area contributed by atoms with Gasteiger partial charge in [0.05, 0.1) is 0 Å². The number of nitrogens with zero attached hydrogens (tertiary/aromatic N) is 2. The lowest BCUT2D eigenvalue weighted by Gasteiger charge is -2.34. The summed E-state index contributed by atoms with van der Waals surface area (Å²) in [6.45, 7) is 2.33. The van der Waals surface area contributed by atoms with Crippen LogP contribution in [0.1, 0.15) is 17.5 Å². The summed E-state index contributed by atoms with van der Waals surface area (Å²) < 4.78 is 5.71. The minimum absolute atomic E-state index is 0.124. The van der Waals surface area contributed by atoms with E-state index in [9.17, 15) is 9.90 Å². The van der Waals surface area contributed by atoms with Crippen LogP contribution in [-0.2, 0) is 17.9 Å². The Kier molecular flexibility index (Phi) is 6.85. The van der Waals surface area contributed by atoms with E-state index in [-0.39, 0.29) is 12.5 Å². The highest BCUT2D eigenvalue weighted by molar-refractivity contribution is 5.78. The van der Waals surface area contributed by atoms with E-state index in [1.807, 2.05) is 77.7 Å². The minimum atomic E-state index is -0.664. The van der Waals surface area contributed by atoms with Crippen molar-refractivity contribution in [3.8, 4) is 5.75 Å². The lowest BCUT2D eigenvalue weighted by molar-refractivity contribution is -0.132. The molecule has 0 fully saturated rings. The van der Waals surface area contributed by atoms with E-state index in [1.165, 1.54) is 0 Å². The number of ether oxygens (including phenoxy) is 1. The lowest BCUT2D eigenvalue weighted by Crippen LogP contribution is -2.41. The van der Waals surface area contributed by atoms with Crippen LogP contribution < -0.4 is 9.64 Å². The molecule has 0 aromatic heterocycles. The van der Waals surface area contributed by atoms with Crippen LogP contribution in [-0.4, -0.2) is 41.7 Å². The summed E-state index contributed by atoms with van der Waals surface area (Å²) in [7, 11) is 0. The predicted molar refractivity (Wildman–Crippen MR) is 122 cm³/mol. The van der Waals surface area contributed by atoms with E-state index < -0.39 is 6.10 Å². The van der Waals surface area contributed by atoms with E-state index in [0.29, 0.717) is 32.6 Å². The molecule has 1 amide bonds. The number of hydrogen-bond acceptors (Lipinski definition) is 4. The molecular weight excluding hydrogens is 388 g/mol. The molecule has 1 N–H and O–H groups in total. The Morgan fingerprint density at radius 1 is 0.871 bits per heavy atom. The van der Waals surface area contributed by atoms with E-state index in [1.54, 1.807) is 0 Å². The monoisotopic (exact) mass is 416 g/mol. The predicted octanol–water partition coefficient (Wildman–Crippen LogP) is 3.87. The molecule has 0 radical (unpaired) electrons. The second-order valence-electron chi connectivity index (χ2n) is 7.84. The highest BCUT2D eigenvalue weighted by Gasteiger charge is 2.24. The average molecular weight is 417 g/mol. The largest absolute Gasteiger partial charge is 0.491 e. The maximum Gasteiger partial charge on any atom is 0.224 e. The standard InChI is InChI=1S/C26H28N2O3/c29-23(20-31-24-12-5-2-6-13-24)19-27-16-15-26(30)28(17-21-9-3-1-4-10-21)18-22-11-7-8-14-25(22)27/h1-14,23,29H,15-20H2. The Morgan fingerprint density at radius 3 is 2.32 bits per heavy atom. The van der Waals surface area contributed by atoms with Gasteiger partial charge in [0.1, 0.15) is 18.5 Å². The summed E-state index contributed by atoms with van der Waals surface area (Å²) in [5.74, 6) is 0.861. The van der Waals surface area contributed by atoms with Gasteiger partial charge in [-0.15, -0.1) is 0 Å². The number of amides is 1. The number of carbonyl (C=O) groups excluding carboxylic acids is 1. The van der Waals surface area contributed by atoms with Crippen molar-refractivity contribution >= 4 is 11.6 Å². The van der Waals surface area contributed by atoms with Gasteiger partial charge in [-0.1, -0.05) is 66.7 Å². The zero-order valence-electron chi connectivity index (χ0n) is 17.6. The summed E-state index contributed by atoms with van der Waals surface area (Å²) in [5, 5.41) is 10.6. The Hall–Kier alpha value is -3.31. The third-order valence-electron chi connectivity index (χ3n) is 5.47. The molecule has 0 saturated carbocycles. The number of benzene rings is 3. The SMILES string of the molecule is O=C1CCN(CC(O)COc2ccccc2)c2ccccc2CN1Cc1ccccc1. The average Bonchev–Trinajstić information content (AvgIpc) is 2.81. The van der Waals surface area contributed by atoms with Gasteiger partial charge in [0.25, 0.3) is 0 Å². The molecule has 0 saturated heterocycles. The number of rotatable bonds is 7. The quantitative estimate of drug-likeness (QED) is 0.635. The fraction of sp³-hybridized carbons (Fsp3) is 0.269. The van der Waals surface area contributed by atoms with Crippen LogP contribution in [0.15, 0.2) is 84.9 Å². The third kappa shape index (κ3) is 5.64. The first kappa shape index (κ1) is 20.9. The van der Waals surface area contributed by atoms with E-state index >= 15 is 0 Å². The number of aliphatic hydroxyl groups excluding tert-OH is 1. The third-order valence-corrected chi connectivity index (χ3v) is 5.47. The van der Waals surface area contributed by atoms with Gasteiger partial charge in [-0.25, -0.2) is 0 Å². The van der Waals surface area contributed by atoms with Gasteiger partial charge in [-0.3, -0.25) is 4.79 Å². The van der Waals surface area contributed by atoms with Gasteiger partial charge >= 0.3 is 0 Å². The number of carbonyl (C=O) groups is 1. The molecule has 160 valence electrons. The minimum Gasteiger partial charge on any atom is -0.491 e. The molecule has 5 heteroatoms. The molecule has 3 aromatic rings. The van der Waals surface area contributed by atoms with Gasteiger partial charge in [0, 0.05) is 38.3 Å². The van der Waals surface area contributed by atoms with Crippen LogP contribution >= 0.6 is 0 Å². The smallest absolute Gasteiger partial charge is 0.224 e. The Bertz CT molecular complexity index is 978. The first-order chi connectivity index (χ1) is 15.2. The van der Waals surface area contributed by atoms with Crippen molar-refractivity contribution in [2.45, 2.75) is 25.6 Å². The van der Waals surface area contributed by atoms with Crippen molar-refractivity contribution in [2.75, 3.05) is 24.6 Å². The number of aliphatic hydroxyl groups is 1. The van der Waals surface area contributed by atoms with Crippen LogP contribution in [0.4, 0.5) is 5.69 Å². The summed E-state index contributed by atoms with van der Waals surface area (Å²) >= 11 is 0. The van der Waals surface area contributed by atoms with Crippen LogP contribution in [0.25, 0.3) is 0 Å². The first-order valence-corrected chi connectivity index (χ1v) is 10.7. The maximum atomic E-state index is 12.9. The number of hydrogen-bond donors (Lipinski definition) is 1. The summed E-state index contributed by atoms with van der Waals surface area (Å²) in [6.07, 6.45) is -0.254. The second kappa shape index (κ2) is 10.1. The van der Waals surface area contributed by atoms with Gasteiger partial charge in [0.15, 0.2) is 0 Å². The number of anilines is 1. The first-order valence-electron chi connectivity index (χ1n) is 10.7. The van der Waals surface area contributed by atoms with Crippen molar-refractivity contribution in [3.63, 3.8) is 0 Å². The topological polar surface area (TPSA) is 53.0 Å². The molecule has 1 heterocycles. The molecule has 0 spiro atoms. The van der Waals surface area contributed by atoms with Crippen LogP contribution in [0.3, 0.4) is 0 Å². The fourth-order valence-corrected chi connectivity index (χ4v) is 3.91. The summed E-state index contributed by atoms with van der Waals surface area (Å²) in [4.78, 5) is 17.0. The van der Waals surface area contributed by atoms with Crippen molar-refractivity contribution < 1.29 is 14.6 Å². The summed E-state index contributed by atoms with van der Waals surface area (Å²) in [6, 6.07) is 27.7. The van der Waals surface area contributed by atoms with Gasteiger partial charge in [-0.2, -0.15) is 0 Å². The highest BCUT2D eigenvalue weighted by Crippen LogP contribution is 2.26. The van der Waals surface area contributed by atoms with Crippen molar-refractivity contribution in [1.29, 1.82) is 0 Å². The zero-order valence-corrected chi connectivity index (χ0v) is 17.6. The number of fused-ring (bicyclic) bond motifs is 1. The molecular formula is C26H28N2O3. The van der Waals surface area contributed by atoms with Crippen LogP contribution in [0, 0.1) is 0 Å². The van der Waals surface area contributed by atoms with E-state index in [2.05, 4.69) is 17.0 Å². The molecule has 4 rings (SSSR count). The Labute approximate surface area is 183 Å². The molecule has 3 aromatic carbocycles. The van der Waals surface area contributed by atoms with Gasteiger partial charge in [-0.05, 0) is 29.3 Å². The van der Waals surface area contributed by atoms with Crippen molar-refractivity contribution in [2.24, 2.45) is 0 Å². The van der Waals surface area contributed by atoms with Crippen molar-refractivity contribution in [3.05, 3.63) is 96.1 Å². The molecule has 31 heavy (non-hydrogen) atoms. The molecule has 1 aliphatic rings. The Morgan fingerprint density at radius 2 is 1.55 bits per heavy atom. The fourth-order valence-electron chi connectivity index (χ4n) is 3.91. The summed E-state index contributed by atoms with van der Waals surface area (Å²) in [5.41, 5.74) is 3.27. The second-order valence-corrected chi connectivity index (χ2v) is 7.84. The zero-order chi connectivity index (χ0) is 21.5. The van der Waals surface area contributed by atoms with Crippen LogP contribution in [0.5, 0.6) is 5.75 Å². The van der Waals surface area contributed by atoms with Crippen molar-refractivity contribution in [1.82, 2.24) is 4.90 Å². The number of para-hydroxylation sites is 2. The maximum absolute atomic E-state index is 12.9. The molecule has 5 nitrogen and oxygen atoms in total. The van der Waals surface area contributed by atoms with E-state index in [4.69, 9.17) is 4.74 Å². The molecule has 1 atom stereocenters. The highest BCUT2D eigenvalue weighted by atomic mass is 16.5. The molecule has 1 unspecified atom stereocenters.